The van der Waals surface area contributed by atoms with Crippen molar-refractivity contribution >= 4 is 39.3 Å². The topological polar surface area (TPSA) is 72.9 Å². The highest BCUT2D eigenvalue weighted by molar-refractivity contribution is 7.93. The van der Waals surface area contributed by atoms with E-state index in [-0.39, 0.29) is 10.6 Å². The fourth-order valence-corrected chi connectivity index (χ4v) is 4.94. The van der Waals surface area contributed by atoms with Gasteiger partial charge in [0.25, 0.3) is 15.9 Å². The van der Waals surface area contributed by atoms with E-state index in [1.165, 1.54) is 37.5 Å². The standard InChI is InChI=1S/C27H28ClNO5S/c1-5-16-34-25-14-8-21(18-26(25)33-4)9-15-27(30)29(24-17-19(2)6-7-20(24)3)35(31,32)23-12-10-22(28)11-13-23/h6-15,17-18H,5,16H2,1-4H3/b15-9+. The molecule has 0 aliphatic heterocycles. The molecule has 0 saturated heterocycles. The van der Waals surface area contributed by atoms with Crippen LogP contribution in [0.25, 0.3) is 6.08 Å². The number of carbonyl (C=O) groups is 1. The Kier molecular flexibility index (Phi) is 8.59. The highest BCUT2D eigenvalue weighted by Crippen LogP contribution is 2.31. The summed E-state index contributed by atoms with van der Waals surface area (Å²) in [6.45, 7) is 6.16. The van der Waals surface area contributed by atoms with E-state index in [0.717, 1.165) is 16.3 Å². The van der Waals surface area contributed by atoms with Gasteiger partial charge in [-0.15, -0.1) is 0 Å². The number of carbonyl (C=O) groups excluding carboxylic acids is 1. The Morgan fingerprint density at radius 2 is 1.71 bits per heavy atom. The Bertz CT molecular complexity index is 1330. The molecule has 0 unspecified atom stereocenters. The first-order valence-corrected chi connectivity index (χ1v) is 12.9. The molecule has 0 aromatic heterocycles. The molecule has 0 bridgehead atoms. The molecule has 0 N–H and O–H groups in total. The summed E-state index contributed by atoms with van der Waals surface area (Å²) in [6.07, 6.45) is 3.64. The van der Waals surface area contributed by atoms with Crippen LogP contribution in [0.2, 0.25) is 5.02 Å². The number of amides is 1. The van der Waals surface area contributed by atoms with Gasteiger partial charge in [-0.1, -0.05) is 36.7 Å². The molecule has 0 heterocycles. The lowest BCUT2D eigenvalue weighted by Crippen LogP contribution is -2.36. The molecule has 0 spiro atoms. The van der Waals surface area contributed by atoms with Gasteiger partial charge in [-0.2, -0.15) is 4.31 Å². The zero-order chi connectivity index (χ0) is 25.6. The van der Waals surface area contributed by atoms with Gasteiger partial charge in [-0.3, -0.25) is 4.79 Å². The van der Waals surface area contributed by atoms with E-state index < -0.39 is 15.9 Å². The average Bonchev–Trinajstić information content (AvgIpc) is 2.84. The molecule has 8 heteroatoms. The van der Waals surface area contributed by atoms with Gasteiger partial charge < -0.3 is 9.47 Å². The van der Waals surface area contributed by atoms with Crippen molar-refractivity contribution in [3.63, 3.8) is 0 Å². The van der Waals surface area contributed by atoms with Crippen molar-refractivity contribution in [1.29, 1.82) is 0 Å². The van der Waals surface area contributed by atoms with E-state index >= 15 is 0 Å². The Morgan fingerprint density at radius 1 is 1.00 bits per heavy atom. The molecule has 3 aromatic carbocycles. The van der Waals surface area contributed by atoms with Gasteiger partial charge in [0, 0.05) is 11.1 Å². The second-order valence-electron chi connectivity index (χ2n) is 7.94. The minimum absolute atomic E-state index is 0.0383. The van der Waals surface area contributed by atoms with Gasteiger partial charge in [-0.05, 0) is 85.5 Å². The number of benzene rings is 3. The number of ether oxygens (including phenoxy) is 2. The van der Waals surface area contributed by atoms with Crippen molar-refractivity contribution in [1.82, 2.24) is 0 Å². The van der Waals surface area contributed by atoms with E-state index in [4.69, 9.17) is 21.1 Å². The number of rotatable bonds is 9. The molecule has 0 aliphatic carbocycles. The third-order valence-electron chi connectivity index (χ3n) is 5.20. The van der Waals surface area contributed by atoms with Gasteiger partial charge in [0.15, 0.2) is 11.5 Å². The normalized spacial score (nSPS) is 11.5. The number of hydrogen-bond donors (Lipinski definition) is 0. The smallest absolute Gasteiger partial charge is 0.271 e. The van der Waals surface area contributed by atoms with Crippen LogP contribution in [0.1, 0.15) is 30.0 Å². The second kappa shape index (κ2) is 11.4. The van der Waals surface area contributed by atoms with Gasteiger partial charge in [0.05, 0.1) is 24.3 Å². The van der Waals surface area contributed by atoms with E-state index in [0.29, 0.717) is 34.3 Å². The molecule has 3 aromatic rings. The summed E-state index contributed by atoms with van der Waals surface area (Å²) in [4.78, 5) is 13.4. The van der Waals surface area contributed by atoms with Gasteiger partial charge >= 0.3 is 0 Å². The van der Waals surface area contributed by atoms with Crippen molar-refractivity contribution in [2.45, 2.75) is 32.1 Å². The summed E-state index contributed by atoms with van der Waals surface area (Å²) in [7, 11) is -2.68. The summed E-state index contributed by atoms with van der Waals surface area (Å²) < 4.78 is 39.1. The number of anilines is 1. The lowest BCUT2D eigenvalue weighted by molar-refractivity contribution is -0.113. The second-order valence-corrected chi connectivity index (χ2v) is 10.2. The molecule has 0 aliphatic rings. The molecule has 0 fully saturated rings. The zero-order valence-corrected chi connectivity index (χ0v) is 21.7. The van der Waals surface area contributed by atoms with E-state index in [2.05, 4.69) is 0 Å². The van der Waals surface area contributed by atoms with Crippen LogP contribution in [-0.4, -0.2) is 28.0 Å². The van der Waals surface area contributed by atoms with Crippen molar-refractivity contribution in [3.05, 3.63) is 88.5 Å². The van der Waals surface area contributed by atoms with Crippen molar-refractivity contribution in [2.24, 2.45) is 0 Å². The number of aryl methyl sites for hydroxylation is 2. The summed E-state index contributed by atoms with van der Waals surface area (Å²) >= 11 is 5.94. The monoisotopic (exact) mass is 513 g/mol. The number of hydrogen-bond acceptors (Lipinski definition) is 5. The average molecular weight is 514 g/mol. The molecule has 0 radical (unpaired) electrons. The Hall–Kier alpha value is -3.29. The predicted octanol–water partition coefficient (Wildman–Crippen LogP) is 6.19. The highest BCUT2D eigenvalue weighted by atomic mass is 35.5. The first-order valence-electron chi connectivity index (χ1n) is 11.1. The number of halogens is 1. The predicted molar refractivity (Wildman–Crippen MR) is 140 cm³/mol. The third kappa shape index (κ3) is 6.24. The molecule has 0 atom stereocenters. The van der Waals surface area contributed by atoms with Gasteiger partial charge in [0.1, 0.15) is 0 Å². The van der Waals surface area contributed by atoms with Crippen molar-refractivity contribution < 1.29 is 22.7 Å². The summed E-state index contributed by atoms with van der Waals surface area (Å²) in [5.41, 5.74) is 2.42. The van der Waals surface area contributed by atoms with Crippen LogP contribution in [0.4, 0.5) is 5.69 Å². The number of nitrogens with zero attached hydrogens (tertiary/aromatic N) is 1. The largest absolute Gasteiger partial charge is 0.493 e. The van der Waals surface area contributed by atoms with Crippen LogP contribution in [0, 0.1) is 13.8 Å². The third-order valence-corrected chi connectivity index (χ3v) is 7.18. The Morgan fingerprint density at radius 3 is 2.37 bits per heavy atom. The van der Waals surface area contributed by atoms with Crippen LogP contribution in [0.15, 0.2) is 71.6 Å². The molecule has 184 valence electrons. The zero-order valence-electron chi connectivity index (χ0n) is 20.1. The summed E-state index contributed by atoms with van der Waals surface area (Å²) in [5.74, 6) is 0.410. The summed E-state index contributed by atoms with van der Waals surface area (Å²) in [5, 5.41) is 0.397. The van der Waals surface area contributed by atoms with Crippen molar-refractivity contribution in [2.75, 3.05) is 18.0 Å². The molecule has 3 rings (SSSR count). The van der Waals surface area contributed by atoms with Gasteiger partial charge in [0.2, 0.25) is 0 Å². The van der Waals surface area contributed by atoms with Crippen LogP contribution >= 0.6 is 11.6 Å². The maximum Gasteiger partial charge on any atom is 0.271 e. The molecule has 0 saturated carbocycles. The highest BCUT2D eigenvalue weighted by Gasteiger charge is 2.31. The fourth-order valence-electron chi connectivity index (χ4n) is 3.37. The summed E-state index contributed by atoms with van der Waals surface area (Å²) in [6, 6.07) is 16.3. The van der Waals surface area contributed by atoms with Crippen LogP contribution in [-0.2, 0) is 14.8 Å². The lowest BCUT2D eigenvalue weighted by Gasteiger charge is -2.23. The lowest BCUT2D eigenvalue weighted by atomic mass is 10.1. The maximum atomic E-state index is 13.6. The molecule has 6 nitrogen and oxygen atoms in total. The van der Waals surface area contributed by atoms with E-state index in [1.807, 2.05) is 19.9 Å². The first kappa shape index (κ1) is 26.3. The maximum absolute atomic E-state index is 13.6. The molecule has 35 heavy (non-hydrogen) atoms. The van der Waals surface area contributed by atoms with E-state index in [9.17, 15) is 13.2 Å². The molecular formula is C27H28ClNO5S. The van der Waals surface area contributed by atoms with Crippen LogP contribution in [0.3, 0.4) is 0 Å². The minimum Gasteiger partial charge on any atom is -0.493 e. The Balaban J connectivity index is 2.02. The minimum atomic E-state index is -4.21. The molecule has 1 amide bonds. The van der Waals surface area contributed by atoms with Crippen LogP contribution < -0.4 is 13.8 Å². The van der Waals surface area contributed by atoms with Crippen LogP contribution in [0.5, 0.6) is 11.5 Å². The fraction of sp³-hybridized carbons (Fsp3) is 0.222. The van der Waals surface area contributed by atoms with Crippen molar-refractivity contribution in [3.8, 4) is 11.5 Å². The first-order chi connectivity index (χ1) is 16.7. The number of sulfonamides is 1. The molecular weight excluding hydrogens is 486 g/mol. The van der Waals surface area contributed by atoms with Gasteiger partial charge in [-0.25, -0.2) is 8.42 Å². The Labute approximate surface area is 211 Å². The SMILES string of the molecule is CCCOc1ccc(/C=C/C(=O)N(c2cc(C)ccc2C)S(=O)(=O)c2ccc(Cl)cc2)cc1OC. The van der Waals surface area contributed by atoms with E-state index in [1.54, 1.807) is 43.3 Å². The number of methoxy groups -OCH3 is 1. The quantitative estimate of drug-likeness (QED) is 0.319.